The van der Waals surface area contributed by atoms with Gasteiger partial charge in [-0.1, -0.05) is 20.3 Å². The molecular weight excluding hydrogens is 463 g/mol. The van der Waals surface area contributed by atoms with Crippen LogP contribution in [0, 0.1) is 0 Å². The van der Waals surface area contributed by atoms with Gasteiger partial charge < -0.3 is 15.1 Å². The zero-order chi connectivity index (χ0) is 19.8. The van der Waals surface area contributed by atoms with Crippen molar-refractivity contribution in [2.75, 3.05) is 33.7 Å². The number of rotatable bonds is 8. The molecule has 0 spiro atoms. The van der Waals surface area contributed by atoms with E-state index in [1.165, 1.54) is 56.5 Å². The van der Waals surface area contributed by atoms with Gasteiger partial charge in [0.15, 0.2) is 5.96 Å². The first-order valence-electron chi connectivity index (χ1n) is 10.6. The van der Waals surface area contributed by atoms with E-state index < -0.39 is 0 Å². The molecule has 7 heteroatoms. The Bertz CT molecular complexity index is 598. The van der Waals surface area contributed by atoms with Crippen LogP contribution < -0.4 is 5.32 Å². The Balaban J connectivity index is 0.00000392. The maximum Gasteiger partial charge on any atom is 0.193 e. The van der Waals surface area contributed by atoms with Crippen molar-refractivity contribution in [1.82, 2.24) is 24.9 Å². The number of aryl methyl sites for hydroxylation is 1. The molecule has 1 unspecified atom stereocenters. The first kappa shape index (κ1) is 25.2. The van der Waals surface area contributed by atoms with Gasteiger partial charge in [0.05, 0.1) is 5.69 Å². The van der Waals surface area contributed by atoms with E-state index in [9.17, 15) is 0 Å². The minimum Gasteiger partial charge on any atom is -0.356 e. The summed E-state index contributed by atoms with van der Waals surface area (Å²) in [6, 6.07) is 0.764. The van der Waals surface area contributed by atoms with Crippen molar-refractivity contribution in [1.29, 1.82) is 0 Å². The summed E-state index contributed by atoms with van der Waals surface area (Å²) in [6.07, 6.45) is 8.68. The van der Waals surface area contributed by atoms with Crippen molar-refractivity contribution in [2.24, 2.45) is 12.0 Å². The Morgan fingerprint density at radius 2 is 2.11 bits per heavy atom. The molecule has 6 nitrogen and oxygen atoms in total. The highest BCUT2D eigenvalue weighted by molar-refractivity contribution is 14.0. The van der Waals surface area contributed by atoms with Crippen LogP contribution in [0.2, 0.25) is 0 Å². The van der Waals surface area contributed by atoms with Gasteiger partial charge in [0.1, 0.15) is 0 Å². The average molecular weight is 505 g/mol. The Labute approximate surface area is 189 Å². The number of nitrogens with zero attached hydrogens (tertiary/aromatic N) is 5. The summed E-state index contributed by atoms with van der Waals surface area (Å²) >= 11 is 0. The van der Waals surface area contributed by atoms with Crippen molar-refractivity contribution >= 4 is 29.9 Å². The lowest BCUT2D eigenvalue weighted by molar-refractivity contribution is 0.158. The summed E-state index contributed by atoms with van der Waals surface area (Å²) < 4.78 is 1.91. The summed E-state index contributed by atoms with van der Waals surface area (Å²) in [4.78, 5) is 9.30. The number of unbranched alkanes of at least 4 members (excludes halogenated alkanes) is 1. The Morgan fingerprint density at radius 1 is 1.36 bits per heavy atom. The second kappa shape index (κ2) is 12.7. The third kappa shape index (κ3) is 7.54. The number of hydrogen-bond acceptors (Lipinski definition) is 3. The van der Waals surface area contributed by atoms with Gasteiger partial charge in [-0.3, -0.25) is 9.67 Å². The summed E-state index contributed by atoms with van der Waals surface area (Å²) in [5.41, 5.74) is 2.45. The number of nitrogens with one attached hydrogen (secondary N) is 1. The Hall–Kier alpha value is -0.830. The predicted molar refractivity (Wildman–Crippen MR) is 130 cm³/mol. The predicted octanol–water partition coefficient (Wildman–Crippen LogP) is 3.82. The average Bonchev–Trinajstić information content (AvgIpc) is 3.00. The minimum atomic E-state index is 0. The lowest BCUT2D eigenvalue weighted by Crippen LogP contribution is -2.40. The summed E-state index contributed by atoms with van der Waals surface area (Å²) in [7, 11) is 5.95. The standard InChI is InChI=1S/C21H40N6.HI/c1-17(2)20-19(16-26(6)24-20)15-25(5)21(22-4)23-12-8-10-14-27-13-9-7-11-18(27)3;/h16-18H,7-15H2,1-6H3,(H,22,23);1H. The number of hydrogen-bond donors (Lipinski definition) is 1. The van der Waals surface area contributed by atoms with Gasteiger partial charge in [-0.15, -0.1) is 24.0 Å². The van der Waals surface area contributed by atoms with Gasteiger partial charge >= 0.3 is 0 Å². The highest BCUT2D eigenvalue weighted by Crippen LogP contribution is 2.19. The summed E-state index contributed by atoms with van der Waals surface area (Å²) in [6.45, 7) is 11.1. The van der Waals surface area contributed by atoms with Gasteiger partial charge in [0.25, 0.3) is 0 Å². The molecule has 1 fully saturated rings. The molecule has 1 atom stereocenters. The summed E-state index contributed by atoms with van der Waals surface area (Å²) in [5, 5.41) is 8.13. The molecule has 1 aliphatic rings. The van der Waals surface area contributed by atoms with Crippen LogP contribution in [0.15, 0.2) is 11.2 Å². The Morgan fingerprint density at radius 3 is 2.75 bits per heavy atom. The molecule has 1 aromatic heterocycles. The fourth-order valence-corrected chi connectivity index (χ4v) is 4.01. The first-order chi connectivity index (χ1) is 12.9. The number of likely N-dealkylation sites (tertiary alicyclic amines) is 1. The van der Waals surface area contributed by atoms with Crippen LogP contribution in [0.5, 0.6) is 0 Å². The van der Waals surface area contributed by atoms with Gasteiger partial charge in [-0.25, -0.2) is 0 Å². The van der Waals surface area contributed by atoms with Crippen LogP contribution >= 0.6 is 24.0 Å². The second-order valence-electron chi connectivity index (χ2n) is 8.29. The van der Waals surface area contributed by atoms with E-state index in [1.54, 1.807) is 0 Å². The van der Waals surface area contributed by atoms with E-state index in [-0.39, 0.29) is 24.0 Å². The van der Waals surface area contributed by atoms with Crippen LogP contribution in [0.4, 0.5) is 0 Å². The number of piperidine rings is 1. The molecule has 162 valence electrons. The van der Waals surface area contributed by atoms with Gasteiger partial charge in [-0.05, 0) is 51.6 Å². The zero-order valence-electron chi connectivity index (χ0n) is 18.7. The molecule has 0 saturated carbocycles. The van der Waals surface area contributed by atoms with E-state index >= 15 is 0 Å². The highest BCUT2D eigenvalue weighted by Gasteiger charge is 2.17. The SMILES string of the molecule is CN=C(NCCCCN1CCCCC1C)N(C)Cc1cn(C)nc1C(C)C.I. The van der Waals surface area contributed by atoms with E-state index in [2.05, 4.69) is 59.2 Å². The molecule has 1 N–H and O–H groups in total. The lowest BCUT2D eigenvalue weighted by atomic mass is 10.0. The quantitative estimate of drug-likeness (QED) is 0.253. The molecule has 0 radical (unpaired) electrons. The first-order valence-corrected chi connectivity index (χ1v) is 10.6. The molecule has 1 saturated heterocycles. The molecule has 1 aliphatic heterocycles. The minimum absolute atomic E-state index is 0. The maximum absolute atomic E-state index is 4.61. The highest BCUT2D eigenvalue weighted by atomic mass is 127. The van der Waals surface area contributed by atoms with Crippen molar-refractivity contribution in [3.05, 3.63) is 17.5 Å². The summed E-state index contributed by atoms with van der Waals surface area (Å²) in [5.74, 6) is 1.39. The molecule has 0 bridgehead atoms. The molecule has 1 aromatic rings. The van der Waals surface area contributed by atoms with E-state index in [0.29, 0.717) is 5.92 Å². The number of aliphatic imine (C=N–C) groups is 1. The molecular formula is C21H41IN6. The molecule has 0 aliphatic carbocycles. The third-order valence-corrected chi connectivity index (χ3v) is 5.56. The fourth-order valence-electron chi connectivity index (χ4n) is 4.01. The van der Waals surface area contributed by atoms with Crippen LogP contribution in [-0.4, -0.2) is 65.3 Å². The van der Waals surface area contributed by atoms with Crippen LogP contribution in [0.25, 0.3) is 0 Å². The molecule has 0 aromatic carbocycles. The van der Waals surface area contributed by atoms with E-state index in [4.69, 9.17) is 0 Å². The number of halogens is 1. The maximum atomic E-state index is 4.61. The van der Waals surface area contributed by atoms with Crippen molar-refractivity contribution in [2.45, 2.75) is 71.4 Å². The topological polar surface area (TPSA) is 48.7 Å². The Kier molecular flexibility index (Phi) is 11.4. The van der Waals surface area contributed by atoms with Crippen LogP contribution in [-0.2, 0) is 13.6 Å². The van der Waals surface area contributed by atoms with Gasteiger partial charge in [0, 0.05) is 52.0 Å². The molecule has 2 rings (SSSR count). The van der Waals surface area contributed by atoms with Crippen LogP contribution in [0.1, 0.15) is 70.1 Å². The van der Waals surface area contributed by atoms with Crippen molar-refractivity contribution in [3.8, 4) is 0 Å². The van der Waals surface area contributed by atoms with Gasteiger partial charge in [0.2, 0.25) is 0 Å². The molecule has 0 amide bonds. The van der Waals surface area contributed by atoms with Crippen molar-refractivity contribution in [3.63, 3.8) is 0 Å². The van der Waals surface area contributed by atoms with E-state index in [1.807, 2.05) is 18.8 Å². The monoisotopic (exact) mass is 504 g/mol. The van der Waals surface area contributed by atoms with Gasteiger partial charge in [-0.2, -0.15) is 5.10 Å². The van der Waals surface area contributed by atoms with Crippen molar-refractivity contribution < 1.29 is 0 Å². The molecule has 28 heavy (non-hydrogen) atoms. The number of guanidine groups is 1. The number of aromatic nitrogens is 2. The zero-order valence-corrected chi connectivity index (χ0v) is 21.1. The normalized spacial score (nSPS) is 18.2. The van der Waals surface area contributed by atoms with E-state index in [0.717, 1.165) is 25.1 Å². The molecule has 2 heterocycles. The smallest absolute Gasteiger partial charge is 0.193 e. The third-order valence-electron chi connectivity index (χ3n) is 5.56. The largest absolute Gasteiger partial charge is 0.356 e. The fraction of sp³-hybridized carbons (Fsp3) is 0.810. The second-order valence-corrected chi connectivity index (χ2v) is 8.29. The lowest BCUT2D eigenvalue weighted by Gasteiger charge is -2.33. The van der Waals surface area contributed by atoms with Crippen LogP contribution in [0.3, 0.4) is 0 Å².